The SMILES string of the molecule is O=C(Oc1ccc(OCC2CC2)cc1)c1cnccn1. The zero-order valence-corrected chi connectivity index (χ0v) is 10.9. The lowest BCUT2D eigenvalue weighted by Gasteiger charge is -2.06. The molecule has 0 aliphatic heterocycles. The van der Waals surface area contributed by atoms with E-state index in [0.717, 1.165) is 12.4 Å². The van der Waals surface area contributed by atoms with Gasteiger partial charge in [-0.25, -0.2) is 9.78 Å². The van der Waals surface area contributed by atoms with Crippen LogP contribution in [0.3, 0.4) is 0 Å². The van der Waals surface area contributed by atoms with E-state index in [4.69, 9.17) is 9.47 Å². The maximum Gasteiger partial charge on any atom is 0.363 e. The highest BCUT2D eigenvalue weighted by Gasteiger charge is 2.21. The average molecular weight is 270 g/mol. The van der Waals surface area contributed by atoms with Crippen molar-refractivity contribution in [1.82, 2.24) is 9.97 Å². The Morgan fingerprint density at radius 2 is 1.90 bits per heavy atom. The van der Waals surface area contributed by atoms with Gasteiger partial charge in [0.15, 0.2) is 5.69 Å². The fraction of sp³-hybridized carbons (Fsp3) is 0.267. The predicted molar refractivity (Wildman–Crippen MR) is 71.7 cm³/mol. The molecule has 3 rings (SSSR count). The van der Waals surface area contributed by atoms with Crippen LogP contribution in [0.1, 0.15) is 23.3 Å². The lowest BCUT2D eigenvalue weighted by molar-refractivity contribution is 0.0728. The summed E-state index contributed by atoms with van der Waals surface area (Å²) in [6.07, 6.45) is 6.84. The minimum atomic E-state index is -0.523. The summed E-state index contributed by atoms with van der Waals surface area (Å²) in [5, 5.41) is 0. The monoisotopic (exact) mass is 270 g/mol. The highest BCUT2D eigenvalue weighted by atomic mass is 16.5. The number of rotatable bonds is 5. The van der Waals surface area contributed by atoms with Gasteiger partial charge in [-0.05, 0) is 43.0 Å². The summed E-state index contributed by atoms with van der Waals surface area (Å²) in [6.45, 7) is 0.763. The van der Waals surface area contributed by atoms with Gasteiger partial charge in [0, 0.05) is 12.4 Å². The normalized spacial score (nSPS) is 13.8. The van der Waals surface area contributed by atoms with E-state index in [1.165, 1.54) is 31.4 Å². The third-order valence-corrected chi connectivity index (χ3v) is 2.99. The molecule has 1 saturated carbocycles. The molecule has 0 unspecified atom stereocenters. The van der Waals surface area contributed by atoms with Gasteiger partial charge in [-0.2, -0.15) is 0 Å². The molecule has 20 heavy (non-hydrogen) atoms. The van der Waals surface area contributed by atoms with Gasteiger partial charge in [-0.3, -0.25) is 4.98 Å². The second-order valence-electron chi connectivity index (χ2n) is 4.71. The summed E-state index contributed by atoms with van der Waals surface area (Å²) in [6, 6.07) is 7.00. The molecule has 5 heteroatoms. The maximum atomic E-state index is 11.8. The molecule has 1 heterocycles. The molecule has 0 radical (unpaired) electrons. The van der Waals surface area contributed by atoms with Crippen LogP contribution in [-0.2, 0) is 0 Å². The highest BCUT2D eigenvalue weighted by Crippen LogP contribution is 2.29. The first kappa shape index (κ1) is 12.6. The molecule has 102 valence electrons. The molecule has 0 spiro atoms. The molecule has 0 atom stereocenters. The van der Waals surface area contributed by atoms with Crippen LogP contribution in [0.25, 0.3) is 0 Å². The molecule has 0 saturated heterocycles. The fourth-order valence-corrected chi connectivity index (χ4v) is 1.67. The molecule has 2 aromatic rings. The van der Waals surface area contributed by atoms with Crippen molar-refractivity contribution in [3.63, 3.8) is 0 Å². The van der Waals surface area contributed by atoms with Gasteiger partial charge >= 0.3 is 5.97 Å². The minimum absolute atomic E-state index is 0.182. The van der Waals surface area contributed by atoms with E-state index in [1.807, 2.05) is 0 Å². The third kappa shape index (κ3) is 3.32. The van der Waals surface area contributed by atoms with E-state index >= 15 is 0 Å². The first-order chi connectivity index (χ1) is 9.81. The predicted octanol–water partition coefficient (Wildman–Crippen LogP) is 2.48. The van der Waals surface area contributed by atoms with Crippen molar-refractivity contribution >= 4 is 5.97 Å². The number of ether oxygens (including phenoxy) is 2. The van der Waals surface area contributed by atoms with Crippen molar-refractivity contribution in [2.45, 2.75) is 12.8 Å². The second kappa shape index (κ2) is 5.69. The maximum absolute atomic E-state index is 11.8. The summed E-state index contributed by atoms with van der Waals surface area (Å²) in [5.74, 6) is 1.43. The van der Waals surface area contributed by atoms with Gasteiger partial charge in [-0.15, -0.1) is 0 Å². The van der Waals surface area contributed by atoms with Crippen LogP contribution >= 0.6 is 0 Å². The van der Waals surface area contributed by atoms with Gasteiger partial charge in [0.05, 0.1) is 12.8 Å². The van der Waals surface area contributed by atoms with E-state index < -0.39 is 5.97 Å². The number of benzene rings is 1. The molecular formula is C15H14N2O3. The fourth-order valence-electron chi connectivity index (χ4n) is 1.67. The van der Waals surface area contributed by atoms with E-state index in [9.17, 15) is 4.79 Å². The number of esters is 1. The molecular weight excluding hydrogens is 256 g/mol. The van der Waals surface area contributed by atoms with Crippen molar-refractivity contribution in [2.24, 2.45) is 5.92 Å². The van der Waals surface area contributed by atoms with Gasteiger partial charge in [0.2, 0.25) is 0 Å². The minimum Gasteiger partial charge on any atom is -0.493 e. The molecule has 1 aromatic carbocycles. The Morgan fingerprint density at radius 1 is 1.15 bits per heavy atom. The number of nitrogens with zero attached hydrogens (tertiary/aromatic N) is 2. The molecule has 1 aliphatic rings. The number of carbonyl (C=O) groups is 1. The van der Waals surface area contributed by atoms with Crippen molar-refractivity contribution < 1.29 is 14.3 Å². The Morgan fingerprint density at radius 3 is 2.55 bits per heavy atom. The zero-order valence-electron chi connectivity index (χ0n) is 10.9. The first-order valence-electron chi connectivity index (χ1n) is 6.52. The van der Waals surface area contributed by atoms with Gasteiger partial charge < -0.3 is 9.47 Å². The molecule has 0 N–H and O–H groups in total. The Labute approximate surface area is 116 Å². The van der Waals surface area contributed by atoms with Crippen molar-refractivity contribution in [2.75, 3.05) is 6.61 Å². The van der Waals surface area contributed by atoms with Crippen LogP contribution in [0.5, 0.6) is 11.5 Å². The summed E-state index contributed by atoms with van der Waals surface area (Å²) < 4.78 is 10.8. The third-order valence-electron chi connectivity index (χ3n) is 2.99. The second-order valence-corrected chi connectivity index (χ2v) is 4.71. The summed E-state index contributed by atoms with van der Waals surface area (Å²) in [7, 11) is 0. The molecule has 0 amide bonds. The van der Waals surface area contributed by atoms with E-state index in [1.54, 1.807) is 24.3 Å². The van der Waals surface area contributed by atoms with Crippen LogP contribution < -0.4 is 9.47 Å². The Balaban J connectivity index is 1.58. The van der Waals surface area contributed by atoms with Crippen LogP contribution in [0.15, 0.2) is 42.9 Å². The van der Waals surface area contributed by atoms with Crippen LogP contribution in [-0.4, -0.2) is 22.5 Å². The summed E-state index contributed by atoms with van der Waals surface area (Å²) in [5.41, 5.74) is 0.182. The number of carbonyl (C=O) groups excluding carboxylic acids is 1. The van der Waals surface area contributed by atoms with E-state index in [0.29, 0.717) is 11.7 Å². The quantitative estimate of drug-likeness (QED) is 0.617. The lowest BCUT2D eigenvalue weighted by Crippen LogP contribution is -2.10. The van der Waals surface area contributed by atoms with Crippen molar-refractivity contribution in [1.29, 1.82) is 0 Å². The van der Waals surface area contributed by atoms with Crippen LogP contribution in [0.2, 0.25) is 0 Å². The topological polar surface area (TPSA) is 61.3 Å². The summed E-state index contributed by atoms with van der Waals surface area (Å²) >= 11 is 0. The Kier molecular flexibility index (Phi) is 3.58. The molecule has 5 nitrogen and oxygen atoms in total. The van der Waals surface area contributed by atoms with Gasteiger partial charge in [-0.1, -0.05) is 0 Å². The Bertz CT molecular complexity index is 580. The molecule has 0 bridgehead atoms. The molecule has 1 aliphatic carbocycles. The number of hydrogen-bond donors (Lipinski definition) is 0. The average Bonchev–Trinajstić information content (AvgIpc) is 3.32. The van der Waals surface area contributed by atoms with Gasteiger partial charge in [0.1, 0.15) is 11.5 Å². The highest BCUT2D eigenvalue weighted by molar-refractivity contribution is 5.88. The first-order valence-corrected chi connectivity index (χ1v) is 6.52. The van der Waals surface area contributed by atoms with Crippen molar-refractivity contribution in [3.8, 4) is 11.5 Å². The lowest BCUT2D eigenvalue weighted by atomic mass is 10.3. The Hall–Kier alpha value is -2.43. The standard InChI is InChI=1S/C15H14N2O3/c18-15(14-9-16-7-8-17-14)20-13-5-3-12(4-6-13)19-10-11-1-2-11/h3-9,11H,1-2,10H2. The molecule has 1 aromatic heterocycles. The van der Waals surface area contributed by atoms with E-state index in [-0.39, 0.29) is 5.69 Å². The molecule has 1 fully saturated rings. The van der Waals surface area contributed by atoms with Crippen LogP contribution in [0.4, 0.5) is 0 Å². The summed E-state index contributed by atoms with van der Waals surface area (Å²) in [4.78, 5) is 19.5. The van der Waals surface area contributed by atoms with Gasteiger partial charge in [0.25, 0.3) is 0 Å². The number of aromatic nitrogens is 2. The largest absolute Gasteiger partial charge is 0.493 e. The van der Waals surface area contributed by atoms with E-state index in [2.05, 4.69) is 9.97 Å². The van der Waals surface area contributed by atoms with Crippen LogP contribution in [0, 0.1) is 5.92 Å². The number of hydrogen-bond acceptors (Lipinski definition) is 5. The zero-order chi connectivity index (χ0) is 13.8. The van der Waals surface area contributed by atoms with Crippen molar-refractivity contribution in [3.05, 3.63) is 48.5 Å². The smallest absolute Gasteiger partial charge is 0.363 e.